The van der Waals surface area contributed by atoms with Gasteiger partial charge in [0, 0.05) is 77.4 Å². The molecule has 3 aromatic carbocycles. The number of aromatic nitrogens is 4. The van der Waals surface area contributed by atoms with Gasteiger partial charge in [-0.2, -0.15) is 10.2 Å². The summed E-state index contributed by atoms with van der Waals surface area (Å²) < 4.78 is 72.9. The molecule has 1 aliphatic rings. The standard InChI is InChI=1S/2C12H11ClN2O4S.C9H8BrClO4S.C4H5N.Na/c2*1-20(18,19)10-4-3-8(12(16)17)11(13)9(10)7-15-6-2-5-14-15;1-16(14,15)7-3-2-5(9(12)13)8(11)6(7)4-10;1-2-4-5-3-1;/h2*2-6H,7H2,1H3,(H,16,17);2-3H,4H2,1H3,(H,12,13);1-3H,4H2;/q;;;;+1. The number of hydrogen-bond acceptors (Lipinski definition) is 13. The van der Waals surface area contributed by atoms with Crippen molar-refractivity contribution < 1.29 is 85.9 Å². The molecule has 2 aromatic heterocycles. The van der Waals surface area contributed by atoms with Crippen LogP contribution >= 0.6 is 50.7 Å². The number of benzene rings is 3. The van der Waals surface area contributed by atoms with Crippen molar-refractivity contribution in [2.45, 2.75) is 33.1 Å². The molecule has 0 radical (unpaired) electrons. The molecular formula is C37H35BrCl3N5NaO12S3+. The van der Waals surface area contributed by atoms with Gasteiger partial charge in [0.25, 0.3) is 0 Å². The van der Waals surface area contributed by atoms with Crippen molar-refractivity contribution in [2.24, 2.45) is 4.99 Å². The number of carboxylic acids is 3. The van der Waals surface area contributed by atoms with Crippen LogP contribution in [0.15, 0.2) is 105 Å². The summed E-state index contributed by atoms with van der Waals surface area (Å²) in [5.74, 6) is -3.86. The van der Waals surface area contributed by atoms with Crippen LogP contribution in [0.4, 0.5) is 0 Å². The summed E-state index contributed by atoms with van der Waals surface area (Å²) >= 11 is 21.0. The molecule has 0 spiro atoms. The van der Waals surface area contributed by atoms with E-state index in [0.717, 1.165) is 31.4 Å². The average Bonchev–Trinajstić information content (AvgIpc) is 3.99. The van der Waals surface area contributed by atoms with Gasteiger partial charge in [-0.05, 0) is 48.5 Å². The molecule has 62 heavy (non-hydrogen) atoms. The molecule has 1 aliphatic heterocycles. The maximum atomic E-state index is 11.8. The van der Waals surface area contributed by atoms with Crippen molar-refractivity contribution in [3.8, 4) is 0 Å². The third-order valence-corrected chi connectivity index (χ3v) is 13.3. The number of carboxylic acid groups (broad SMARTS) is 3. The Kier molecular flexibility index (Phi) is 20.7. The minimum absolute atomic E-state index is 0. The Hall–Kier alpha value is -3.90. The van der Waals surface area contributed by atoms with Gasteiger partial charge >= 0.3 is 42.9 Å². The Morgan fingerprint density at radius 3 is 1.34 bits per heavy atom. The van der Waals surface area contributed by atoms with E-state index in [4.69, 9.17) is 45.0 Å². The first kappa shape index (κ1) is 54.2. The zero-order chi connectivity index (χ0) is 45.9. The fourth-order valence-corrected chi connectivity index (χ4v) is 9.99. The van der Waals surface area contributed by atoms with E-state index in [1.54, 1.807) is 30.7 Å². The summed E-state index contributed by atoms with van der Waals surface area (Å²) in [5, 5.41) is 36.7. The van der Waals surface area contributed by atoms with Crippen LogP contribution in [0.2, 0.25) is 15.1 Å². The molecule has 3 heterocycles. The Morgan fingerprint density at radius 2 is 1.06 bits per heavy atom. The van der Waals surface area contributed by atoms with Gasteiger partial charge in [-0.15, -0.1) is 0 Å². The number of aliphatic imine (C=N–C) groups is 1. The molecule has 0 unspecified atom stereocenters. The minimum atomic E-state index is -3.54. The van der Waals surface area contributed by atoms with E-state index in [1.165, 1.54) is 52.1 Å². The fourth-order valence-electron chi connectivity index (χ4n) is 5.18. The second-order valence-corrected chi connectivity index (χ2v) is 20.1. The maximum absolute atomic E-state index is 11.8. The predicted molar refractivity (Wildman–Crippen MR) is 231 cm³/mol. The van der Waals surface area contributed by atoms with Crippen LogP contribution in [0, 0.1) is 0 Å². The Balaban J connectivity index is 0.000000442. The van der Waals surface area contributed by atoms with Crippen LogP contribution in [0.5, 0.6) is 0 Å². The molecule has 25 heteroatoms. The van der Waals surface area contributed by atoms with E-state index in [9.17, 15) is 44.7 Å². The number of carbonyl (C=O) groups excluding carboxylic acids is 1. The summed E-state index contributed by atoms with van der Waals surface area (Å²) in [6, 6.07) is 10.6. The number of hydrogen-bond donors (Lipinski definition) is 2. The minimum Gasteiger partial charge on any atom is -0.545 e. The predicted octanol–water partition coefficient (Wildman–Crippen LogP) is 2.12. The van der Waals surface area contributed by atoms with E-state index in [-0.39, 0.29) is 113 Å². The van der Waals surface area contributed by atoms with Gasteiger partial charge in [-0.3, -0.25) is 14.4 Å². The van der Waals surface area contributed by atoms with Crippen LogP contribution in [0.1, 0.15) is 49.2 Å². The first-order valence-corrected chi connectivity index (χ1v) is 24.7. The SMILES string of the molecule is C1=CCN=C1.CS(=O)(=O)c1ccc(C(=O)O)c(Cl)c1CBr.CS(=O)(=O)c1ccc(C(=O)O)c(Cl)c1Cn1cccn1.CS(=O)(=O)c1ccc(C(=O)[O-])c(Cl)c1Cn1cccn1.[H+].[Na+]. The van der Waals surface area contributed by atoms with Crippen LogP contribution in [0.25, 0.3) is 0 Å². The molecule has 0 amide bonds. The topological polar surface area (TPSA) is 265 Å². The fraction of sp³-hybridized carbons (Fsp3) is 0.189. The number of allylic oxidation sites excluding steroid dienone is 1. The monoisotopic (exact) mass is 1040 g/mol. The van der Waals surface area contributed by atoms with Crippen LogP contribution in [-0.2, 0) is 47.9 Å². The molecule has 5 aromatic rings. The molecule has 0 atom stereocenters. The summed E-state index contributed by atoms with van der Waals surface area (Å²) in [6.07, 6.45) is 15.2. The van der Waals surface area contributed by atoms with Gasteiger partial charge in [0.2, 0.25) is 0 Å². The van der Waals surface area contributed by atoms with Crippen molar-refractivity contribution in [1.29, 1.82) is 0 Å². The Morgan fingerprint density at radius 1 is 0.694 bits per heavy atom. The van der Waals surface area contributed by atoms with Crippen LogP contribution in [0.3, 0.4) is 0 Å². The second-order valence-electron chi connectivity index (χ2n) is 12.4. The summed E-state index contributed by atoms with van der Waals surface area (Å²) in [4.78, 5) is 36.7. The summed E-state index contributed by atoms with van der Waals surface area (Å²) in [7, 11) is -10.5. The number of nitrogens with zero attached hydrogens (tertiary/aromatic N) is 5. The van der Waals surface area contributed by atoms with Crippen molar-refractivity contribution >= 4 is 104 Å². The molecule has 326 valence electrons. The molecule has 0 saturated carbocycles. The van der Waals surface area contributed by atoms with E-state index in [0.29, 0.717) is 0 Å². The molecule has 2 N–H and O–H groups in total. The zero-order valence-corrected chi connectivity index (χ0v) is 41.2. The quantitative estimate of drug-likeness (QED) is 0.142. The largest absolute Gasteiger partial charge is 1.00 e. The smallest absolute Gasteiger partial charge is 0.545 e. The van der Waals surface area contributed by atoms with Crippen molar-refractivity contribution in [1.82, 2.24) is 19.6 Å². The van der Waals surface area contributed by atoms with Crippen molar-refractivity contribution in [3.63, 3.8) is 0 Å². The van der Waals surface area contributed by atoms with E-state index in [1.807, 2.05) is 12.2 Å². The van der Waals surface area contributed by atoms with E-state index in [2.05, 4.69) is 31.1 Å². The molecule has 17 nitrogen and oxygen atoms in total. The van der Waals surface area contributed by atoms with Gasteiger partial charge in [0.05, 0.1) is 66.5 Å². The summed E-state index contributed by atoms with van der Waals surface area (Å²) in [6.45, 7) is 1.02. The Bertz CT molecular complexity index is 2690. The third kappa shape index (κ3) is 15.1. The molecule has 6 rings (SSSR count). The number of carbonyl (C=O) groups is 3. The normalized spacial score (nSPS) is 11.8. The van der Waals surface area contributed by atoms with Gasteiger partial charge in [-0.25, -0.2) is 34.8 Å². The number of aromatic carboxylic acids is 3. The Labute approximate surface area is 403 Å². The molecular weight excluding hydrogens is 1010 g/mol. The molecule has 0 fully saturated rings. The van der Waals surface area contributed by atoms with Gasteiger partial charge < -0.3 is 20.1 Å². The van der Waals surface area contributed by atoms with E-state index < -0.39 is 47.4 Å². The van der Waals surface area contributed by atoms with Crippen molar-refractivity contribution in [3.05, 3.63) is 134 Å². The summed E-state index contributed by atoms with van der Waals surface area (Å²) in [5.41, 5.74) is 0.173. The number of alkyl halides is 1. The van der Waals surface area contributed by atoms with Crippen molar-refractivity contribution in [2.75, 3.05) is 25.3 Å². The number of rotatable bonds is 11. The second kappa shape index (κ2) is 23.7. The van der Waals surface area contributed by atoms with Gasteiger partial charge in [0.1, 0.15) is 0 Å². The number of halogens is 4. The maximum Gasteiger partial charge on any atom is 1.00 e. The third-order valence-electron chi connectivity index (χ3n) is 7.91. The average molecular weight is 1050 g/mol. The van der Waals surface area contributed by atoms with Gasteiger partial charge in [-0.1, -0.05) is 62.9 Å². The zero-order valence-electron chi connectivity index (χ0n) is 33.9. The molecule has 0 saturated heterocycles. The van der Waals surface area contributed by atoms with Crippen LogP contribution in [-0.4, -0.2) is 104 Å². The molecule has 0 aliphatic carbocycles. The number of sulfone groups is 3. The first-order valence-electron chi connectivity index (χ1n) is 16.8. The first-order chi connectivity index (χ1) is 28.4. The molecule has 0 bridgehead atoms. The van der Waals surface area contributed by atoms with Crippen LogP contribution < -0.4 is 34.7 Å². The van der Waals surface area contributed by atoms with E-state index >= 15 is 0 Å². The van der Waals surface area contributed by atoms with Gasteiger partial charge in [0.15, 0.2) is 29.5 Å².